The molecule has 2 aromatic carbocycles. The predicted octanol–water partition coefficient (Wildman–Crippen LogP) is 2.53. The standard InChI is InChI=1S/C21H18N2O4/c1-13-2-8-18-17(10-13)20(25)16(12-27-18)7-9-19(24)23-11-14-3-5-15(6-4-14)21(22)26/h2-10,12H,11H2,1H3,(H2,22,26)(H,23,24)/b9-7+. The Hall–Kier alpha value is -3.67. The summed E-state index contributed by atoms with van der Waals surface area (Å²) in [5.74, 6) is -0.851. The molecule has 6 nitrogen and oxygen atoms in total. The molecule has 0 fully saturated rings. The van der Waals surface area contributed by atoms with E-state index in [1.54, 1.807) is 36.4 Å². The van der Waals surface area contributed by atoms with Crippen molar-refractivity contribution >= 4 is 28.9 Å². The van der Waals surface area contributed by atoms with Crippen LogP contribution in [0.4, 0.5) is 0 Å². The third-order valence-electron chi connectivity index (χ3n) is 4.07. The molecule has 136 valence electrons. The van der Waals surface area contributed by atoms with E-state index in [1.165, 1.54) is 18.4 Å². The second kappa shape index (κ2) is 7.70. The Morgan fingerprint density at radius 3 is 2.59 bits per heavy atom. The fourth-order valence-corrected chi connectivity index (χ4v) is 2.58. The Morgan fingerprint density at radius 1 is 1.15 bits per heavy atom. The van der Waals surface area contributed by atoms with Crippen LogP contribution in [-0.2, 0) is 11.3 Å². The van der Waals surface area contributed by atoms with Gasteiger partial charge in [-0.3, -0.25) is 14.4 Å². The molecule has 0 aliphatic carbocycles. The molecule has 0 unspecified atom stereocenters. The number of carbonyl (C=O) groups is 2. The van der Waals surface area contributed by atoms with Crippen LogP contribution in [0.15, 0.2) is 64.0 Å². The fourth-order valence-electron chi connectivity index (χ4n) is 2.58. The zero-order valence-electron chi connectivity index (χ0n) is 14.7. The van der Waals surface area contributed by atoms with Gasteiger partial charge in [0.15, 0.2) is 5.43 Å². The lowest BCUT2D eigenvalue weighted by Gasteiger charge is -2.03. The minimum atomic E-state index is -0.502. The van der Waals surface area contributed by atoms with Gasteiger partial charge in [0.1, 0.15) is 11.8 Å². The number of hydrogen-bond acceptors (Lipinski definition) is 4. The van der Waals surface area contributed by atoms with Gasteiger partial charge in [0, 0.05) is 18.2 Å². The quantitative estimate of drug-likeness (QED) is 0.681. The summed E-state index contributed by atoms with van der Waals surface area (Å²) in [7, 11) is 0. The first kappa shape index (κ1) is 18.1. The van der Waals surface area contributed by atoms with Gasteiger partial charge in [-0.25, -0.2) is 0 Å². The van der Waals surface area contributed by atoms with Crippen molar-refractivity contribution in [3.8, 4) is 0 Å². The van der Waals surface area contributed by atoms with E-state index in [9.17, 15) is 14.4 Å². The van der Waals surface area contributed by atoms with Crippen molar-refractivity contribution in [2.75, 3.05) is 0 Å². The third kappa shape index (κ3) is 4.30. The van der Waals surface area contributed by atoms with E-state index in [2.05, 4.69) is 5.32 Å². The molecule has 1 heterocycles. The van der Waals surface area contributed by atoms with Crippen LogP contribution in [0, 0.1) is 6.92 Å². The summed E-state index contributed by atoms with van der Waals surface area (Å²) in [5, 5.41) is 3.19. The number of benzene rings is 2. The SMILES string of the molecule is Cc1ccc2occ(/C=C/C(=O)NCc3ccc(C(N)=O)cc3)c(=O)c2c1. The molecule has 0 radical (unpaired) electrons. The van der Waals surface area contributed by atoms with Crippen LogP contribution in [0.25, 0.3) is 17.0 Å². The Bertz CT molecular complexity index is 1100. The van der Waals surface area contributed by atoms with E-state index >= 15 is 0 Å². The van der Waals surface area contributed by atoms with Crippen molar-refractivity contribution in [2.24, 2.45) is 5.73 Å². The average Bonchev–Trinajstić information content (AvgIpc) is 2.66. The van der Waals surface area contributed by atoms with Crippen molar-refractivity contribution < 1.29 is 14.0 Å². The molecule has 3 N–H and O–H groups in total. The van der Waals surface area contributed by atoms with Gasteiger partial charge in [-0.05, 0) is 42.8 Å². The lowest BCUT2D eigenvalue weighted by molar-refractivity contribution is -0.116. The number of aryl methyl sites for hydroxylation is 1. The molecule has 3 rings (SSSR count). The molecule has 6 heteroatoms. The van der Waals surface area contributed by atoms with E-state index in [0.717, 1.165) is 11.1 Å². The van der Waals surface area contributed by atoms with Gasteiger partial charge in [0.2, 0.25) is 11.8 Å². The molecular weight excluding hydrogens is 344 g/mol. The Morgan fingerprint density at radius 2 is 1.89 bits per heavy atom. The lowest BCUT2D eigenvalue weighted by atomic mass is 10.1. The molecule has 0 saturated heterocycles. The van der Waals surface area contributed by atoms with Crippen molar-refractivity contribution in [2.45, 2.75) is 13.5 Å². The molecule has 0 spiro atoms. The van der Waals surface area contributed by atoms with Crippen molar-refractivity contribution in [1.82, 2.24) is 5.32 Å². The Kier molecular flexibility index (Phi) is 5.17. The van der Waals surface area contributed by atoms with Gasteiger partial charge in [-0.1, -0.05) is 23.8 Å². The van der Waals surface area contributed by atoms with E-state index in [-0.39, 0.29) is 17.9 Å². The summed E-state index contributed by atoms with van der Waals surface area (Å²) in [4.78, 5) is 35.5. The molecule has 0 atom stereocenters. The van der Waals surface area contributed by atoms with Gasteiger partial charge in [-0.15, -0.1) is 0 Å². The number of fused-ring (bicyclic) bond motifs is 1. The third-order valence-corrected chi connectivity index (χ3v) is 4.07. The van der Waals surface area contributed by atoms with Crippen LogP contribution in [0.1, 0.15) is 27.0 Å². The van der Waals surface area contributed by atoms with Crippen LogP contribution in [0.3, 0.4) is 0 Å². The highest BCUT2D eigenvalue weighted by Gasteiger charge is 2.06. The summed E-state index contributed by atoms with van der Waals surface area (Å²) < 4.78 is 5.45. The number of amides is 2. The van der Waals surface area contributed by atoms with Crippen molar-refractivity contribution in [3.05, 3.63) is 87.3 Å². The summed E-state index contributed by atoms with van der Waals surface area (Å²) in [5.41, 5.74) is 7.98. The van der Waals surface area contributed by atoms with E-state index in [1.807, 2.05) is 13.0 Å². The smallest absolute Gasteiger partial charge is 0.248 e. The molecule has 0 saturated carbocycles. The van der Waals surface area contributed by atoms with Crippen LogP contribution < -0.4 is 16.5 Å². The molecule has 0 aliphatic heterocycles. The number of nitrogens with one attached hydrogen (secondary N) is 1. The Labute approximate surface area is 155 Å². The van der Waals surface area contributed by atoms with E-state index in [4.69, 9.17) is 10.2 Å². The number of carbonyl (C=O) groups excluding carboxylic acids is 2. The van der Waals surface area contributed by atoms with Crippen molar-refractivity contribution in [3.63, 3.8) is 0 Å². The second-order valence-electron chi connectivity index (χ2n) is 6.13. The van der Waals surface area contributed by atoms with Gasteiger partial charge in [-0.2, -0.15) is 0 Å². The Balaban J connectivity index is 1.68. The van der Waals surface area contributed by atoms with Gasteiger partial charge >= 0.3 is 0 Å². The molecule has 3 aromatic rings. The summed E-state index contributed by atoms with van der Waals surface area (Å²) in [6.45, 7) is 2.18. The normalized spacial score (nSPS) is 11.0. The minimum Gasteiger partial charge on any atom is -0.463 e. The summed E-state index contributed by atoms with van der Waals surface area (Å²) in [6, 6.07) is 12.0. The highest BCUT2D eigenvalue weighted by molar-refractivity contribution is 5.93. The lowest BCUT2D eigenvalue weighted by Crippen LogP contribution is -2.20. The highest BCUT2D eigenvalue weighted by Crippen LogP contribution is 2.13. The van der Waals surface area contributed by atoms with Gasteiger partial charge < -0.3 is 15.5 Å². The summed E-state index contributed by atoms with van der Waals surface area (Å²) in [6.07, 6.45) is 4.05. The van der Waals surface area contributed by atoms with Gasteiger partial charge in [0.25, 0.3) is 0 Å². The predicted molar refractivity (Wildman–Crippen MR) is 103 cm³/mol. The first-order valence-electron chi connectivity index (χ1n) is 8.31. The van der Waals surface area contributed by atoms with Crippen molar-refractivity contribution in [1.29, 1.82) is 0 Å². The second-order valence-corrected chi connectivity index (χ2v) is 6.13. The number of rotatable bonds is 5. The van der Waals surface area contributed by atoms with Crippen LogP contribution in [0.2, 0.25) is 0 Å². The van der Waals surface area contributed by atoms with E-state index < -0.39 is 5.91 Å². The largest absolute Gasteiger partial charge is 0.463 e. The first-order chi connectivity index (χ1) is 12.9. The maximum absolute atomic E-state index is 12.5. The molecule has 0 bridgehead atoms. The number of primary amides is 1. The molecule has 0 aliphatic rings. The highest BCUT2D eigenvalue weighted by atomic mass is 16.3. The fraction of sp³-hybridized carbons (Fsp3) is 0.0952. The van der Waals surface area contributed by atoms with Crippen LogP contribution in [0.5, 0.6) is 0 Å². The monoisotopic (exact) mass is 362 g/mol. The summed E-state index contributed by atoms with van der Waals surface area (Å²) >= 11 is 0. The minimum absolute atomic E-state index is 0.189. The molecular formula is C21H18N2O4. The van der Waals surface area contributed by atoms with Gasteiger partial charge in [0.05, 0.1) is 10.9 Å². The molecule has 27 heavy (non-hydrogen) atoms. The van der Waals surface area contributed by atoms with Crippen LogP contribution >= 0.6 is 0 Å². The zero-order chi connectivity index (χ0) is 19.4. The van der Waals surface area contributed by atoms with E-state index in [0.29, 0.717) is 22.1 Å². The zero-order valence-corrected chi connectivity index (χ0v) is 14.7. The maximum Gasteiger partial charge on any atom is 0.248 e. The molecule has 2 amide bonds. The topological polar surface area (TPSA) is 102 Å². The average molecular weight is 362 g/mol. The number of nitrogens with two attached hydrogens (primary N) is 1. The maximum atomic E-state index is 12.5. The number of hydrogen-bond donors (Lipinski definition) is 2. The van der Waals surface area contributed by atoms with Crippen LogP contribution in [-0.4, -0.2) is 11.8 Å². The molecule has 1 aromatic heterocycles. The first-order valence-corrected chi connectivity index (χ1v) is 8.31.